The van der Waals surface area contributed by atoms with Gasteiger partial charge in [-0.3, -0.25) is 0 Å². The molecule has 0 N–H and O–H groups in total. The van der Waals surface area contributed by atoms with Crippen LogP contribution in [0.25, 0.3) is 0 Å². The third-order valence-electron chi connectivity index (χ3n) is 5.77. The molecule has 0 amide bonds. The Balaban J connectivity index is 4.49. The first kappa shape index (κ1) is 29.8. The molecule has 0 saturated heterocycles. The summed E-state index contributed by atoms with van der Waals surface area (Å²) in [5.41, 5.74) is 0. The van der Waals surface area contributed by atoms with E-state index in [4.69, 9.17) is 14.3 Å². The lowest BCUT2D eigenvalue weighted by atomic mass is 9.95. The number of hydrogen-bond acceptors (Lipinski definition) is 4. The molecule has 0 rings (SSSR count). The summed E-state index contributed by atoms with van der Waals surface area (Å²) in [6.07, 6.45) is 19.2. The Morgan fingerprint density at radius 2 is 1.30 bits per heavy atom. The van der Waals surface area contributed by atoms with E-state index in [2.05, 4.69) is 45.5 Å². The lowest BCUT2D eigenvalue weighted by Crippen LogP contribution is -2.24. The van der Waals surface area contributed by atoms with Gasteiger partial charge in [-0.1, -0.05) is 90.9 Å². The lowest BCUT2D eigenvalue weighted by Gasteiger charge is -2.30. The second kappa shape index (κ2) is 22.0. The van der Waals surface area contributed by atoms with E-state index in [0.29, 0.717) is 25.0 Å². The Labute approximate surface area is 190 Å². The molecule has 1 atom stereocenters. The summed E-state index contributed by atoms with van der Waals surface area (Å²) in [4.78, 5) is 0. The molecule has 0 aliphatic carbocycles. The Morgan fingerprint density at radius 3 is 1.77 bits per heavy atom. The molecule has 5 heteroatoms. The highest BCUT2D eigenvalue weighted by Crippen LogP contribution is 2.44. The molecule has 0 saturated carbocycles. The minimum atomic E-state index is -1.08. The van der Waals surface area contributed by atoms with E-state index < -0.39 is 8.53 Å². The molecule has 0 aromatic rings. The minimum Gasteiger partial charge on any atom is -0.322 e. The first-order valence-electron chi connectivity index (χ1n) is 12.7. The van der Waals surface area contributed by atoms with E-state index in [1.165, 1.54) is 89.9 Å². The molecule has 0 spiro atoms. The maximum absolute atomic E-state index is 8.82. The molecule has 0 aromatic heterocycles. The van der Waals surface area contributed by atoms with Crippen LogP contribution in [-0.4, -0.2) is 31.0 Å². The quantitative estimate of drug-likeness (QED) is 0.124. The van der Waals surface area contributed by atoms with E-state index in [-0.39, 0.29) is 0 Å². The van der Waals surface area contributed by atoms with Crippen molar-refractivity contribution in [1.29, 1.82) is 5.26 Å². The standard InChI is InChI=1S/C25H51N2O2P/c1-6-8-10-12-14-16-19-25(20-17-15-13-11-9-7-2)23-29-30(27(5)24(3)4)28-22-18-21-26/h24-25H,6-20,22-23H2,1-5H3. The van der Waals surface area contributed by atoms with Crippen LogP contribution in [-0.2, 0) is 9.05 Å². The maximum Gasteiger partial charge on any atom is 0.258 e. The molecule has 178 valence electrons. The van der Waals surface area contributed by atoms with Crippen LogP contribution in [0.3, 0.4) is 0 Å². The lowest BCUT2D eigenvalue weighted by molar-refractivity contribution is 0.170. The summed E-state index contributed by atoms with van der Waals surface area (Å²) in [5, 5.41) is 8.82. The van der Waals surface area contributed by atoms with E-state index in [0.717, 1.165) is 6.61 Å². The van der Waals surface area contributed by atoms with Crippen molar-refractivity contribution in [2.75, 3.05) is 20.3 Å². The smallest absolute Gasteiger partial charge is 0.258 e. The Bertz CT molecular complexity index is 385. The zero-order valence-electron chi connectivity index (χ0n) is 20.8. The normalized spacial score (nSPS) is 12.8. The van der Waals surface area contributed by atoms with Gasteiger partial charge in [0, 0.05) is 6.04 Å². The molecule has 0 aromatic carbocycles. The predicted octanol–water partition coefficient (Wildman–Crippen LogP) is 8.62. The van der Waals surface area contributed by atoms with Gasteiger partial charge >= 0.3 is 0 Å². The topological polar surface area (TPSA) is 45.5 Å². The van der Waals surface area contributed by atoms with Gasteiger partial charge in [0.25, 0.3) is 8.53 Å². The fourth-order valence-electron chi connectivity index (χ4n) is 3.48. The summed E-state index contributed by atoms with van der Waals surface area (Å²) in [7, 11) is 0.992. The SMILES string of the molecule is CCCCCCCCC(CCCCCCCC)COP(OCCC#N)N(C)C(C)C. The molecule has 4 nitrogen and oxygen atoms in total. The third kappa shape index (κ3) is 17.5. The van der Waals surface area contributed by atoms with E-state index in [9.17, 15) is 0 Å². The fraction of sp³-hybridized carbons (Fsp3) is 0.960. The van der Waals surface area contributed by atoms with Crippen LogP contribution in [0.15, 0.2) is 0 Å². The number of hydrogen-bond donors (Lipinski definition) is 0. The van der Waals surface area contributed by atoms with Crippen LogP contribution in [0.2, 0.25) is 0 Å². The summed E-state index contributed by atoms with van der Waals surface area (Å²) < 4.78 is 14.4. The number of unbranched alkanes of at least 4 members (excludes halogenated alkanes) is 10. The van der Waals surface area contributed by atoms with Gasteiger partial charge < -0.3 is 9.05 Å². The fourth-order valence-corrected chi connectivity index (χ4v) is 4.89. The molecule has 0 heterocycles. The monoisotopic (exact) mass is 442 g/mol. The van der Waals surface area contributed by atoms with Crippen molar-refractivity contribution in [2.45, 2.75) is 130 Å². The molecule has 0 fully saturated rings. The summed E-state index contributed by atoms with van der Waals surface area (Å²) in [6.45, 7) is 10.1. The zero-order chi connectivity index (χ0) is 22.5. The van der Waals surface area contributed by atoms with Gasteiger partial charge in [-0.05, 0) is 39.7 Å². The Hall–Kier alpha value is -0.200. The van der Waals surface area contributed by atoms with E-state index in [1.54, 1.807) is 0 Å². The van der Waals surface area contributed by atoms with Crippen LogP contribution >= 0.6 is 8.53 Å². The first-order valence-corrected chi connectivity index (χ1v) is 13.8. The van der Waals surface area contributed by atoms with Crippen molar-refractivity contribution < 1.29 is 9.05 Å². The van der Waals surface area contributed by atoms with Crippen LogP contribution in [0.5, 0.6) is 0 Å². The molecular weight excluding hydrogens is 391 g/mol. The predicted molar refractivity (Wildman–Crippen MR) is 131 cm³/mol. The zero-order valence-corrected chi connectivity index (χ0v) is 21.7. The second-order valence-corrected chi connectivity index (χ2v) is 10.5. The molecule has 1 unspecified atom stereocenters. The van der Waals surface area contributed by atoms with Crippen molar-refractivity contribution in [1.82, 2.24) is 4.67 Å². The number of nitrogens with zero attached hydrogens (tertiary/aromatic N) is 2. The summed E-state index contributed by atoms with van der Waals surface area (Å²) in [5.74, 6) is 0.632. The van der Waals surface area contributed by atoms with Gasteiger partial charge in [-0.2, -0.15) is 5.26 Å². The van der Waals surface area contributed by atoms with Gasteiger partial charge in [0.2, 0.25) is 0 Å². The Kier molecular flexibility index (Phi) is 21.9. The van der Waals surface area contributed by atoms with Crippen molar-refractivity contribution in [3.05, 3.63) is 0 Å². The summed E-state index contributed by atoms with van der Waals surface area (Å²) in [6, 6.07) is 2.53. The van der Waals surface area contributed by atoms with Crippen molar-refractivity contribution >= 4 is 8.53 Å². The molecule has 0 bridgehead atoms. The molecular formula is C25H51N2O2P. The highest BCUT2D eigenvalue weighted by Gasteiger charge is 2.22. The van der Waals surface area contributed by atoms with Gasteiger partial charge in [-0.25, -0.2) is 4.67 Å². The van der Waals surface area contributed by atoms with Crippen LogP contribution in [0.4, 0.5) is 0 Å². The van der Waals surface area contributed by atoms with Crippen LogP contribution < -0.4 is 0 Å². The van der Waals surface area contributed by atoms with Crippen LogP contribution in [0, 0.1) is 17.2 Å². The minimum absolute atomic E-state index is 0.369. The van der Waals surface area contributed by atoms with Gasteiger partial charge in [-0.15, -0.1) is 0 Å². The summed E-state index contributed by atoms with van der Waals surface area (Å²) >= 11 is 0. The van der Waals surface area contributed by atoms with Crippen molar-refractivity contribution in [2.24, 2.45) is 5.92 Å². The number of nitriles is 1. The average Bonchev–Trinajstić information content (AvgIpc) is 2.74. The third-order valence-corrected chi connectivity index (χ3v) is 7.52. The molecule has 0 aliphatic heterocycles. The molecule has 30 heavy (non-hydrogen) atoms. The number of rotatable bonds is 22. The molecule has 0 radical (unpaired) electrons. The largest absolute Gasteiger partial charge is 0.322 e. The maximum atomic E-state index is 8.82. The second-order valence-electron chi connectivity index (χ2n) is 8.92. The van der Waals surface area contributed by atoms with Crippen molar-refractivity contribution in [3.8, 4) is 6.07 Å². The van der Waals surface area contributed by atoms with Gasteiger partial charge in [0.05, 0.1) is 25.7 Å². The van der Waals surface area contributed by atoms with E-state index in [1.807, 2.05) is 0 Å². The first-order chi connectivity index (χ1) is 14.6. The highest BCUT2D eigenvalue weighted by atomic mass is 31.2. The highest BCUT2D eigenvalue weighted by molar-refractivity contribution is 7.44. The van der Waals surface area contributed by atoms with Gasteiger partial charge in [0.1, 0.15) is 0 Å². The van der Waals surface area contributed by atoms with E-state index >= 15 is 0 Å². The Morgan fingerprint density at radius 1 is 0.800 bits per heavy atom. The van der Waals surface area contributed by atoms with Gasteiger partial charge in [0.15, 0.2) is 0 Å². The van der Waals surface area contributed by atoms with Crippen LogP contribution in [0.1, 0.15) is 124 Å². The van der Waals surface area contributed by atoms with Crippen molar-refractivity contribution in [3.63, 3.8) is 0 Å². The average molecular weight is 443 g/mol. The molecule has 0 aliphatic rings.